The first-order chi connectivity index (χ1) is 15.5. The second-order valence-electron chi connectivity index (χ2n) is 7.89. The fourth-order valence-electron chi connectivity index (χ4n) is 3.86. The van der Waals surface area contributed by atoms with Gasteiger partial charge in [0.1, 0.15) is 11.6 Å². The van der Waals surface area contributed by atoms with Crippen LogP contribution in [-0.4, -0.2) is 48.5 Å². The van der Waals surface area contributed by atoms with Crippen molar-refractivity contribution in [3.63, 3.8) is 0 Å². The highest BCUT2D eigenvalue weighted by Crippen LogP contribution is 2.32. The van der Waals surface area contributed by atoms with Crippen LogP contribution in [0.1, 0.15) is 43.9 Å². The van der Waals surface area contributed by atoms with Crippen LogP contribution in [0.15, 0.2) is 28.8 Å². The van der Waals surface area contributed by atoms with Crippen LogP contribution in [0.4, 0.5) is 5.82 Å². The Morgan fingerprint density at radius 3 is 2.28 bits per heavy atom. The zero-order chi connectivity index (χ0) is 23.1. The molecule has 2 aromatic heterocycles. The standard InChI is InChI=1S/C25H35N5O2/c1-7-19-15-20(13-17(4)22(19)31-12-10-11-26-6)24-28-29-25(32-24)21-14-18(5)23(27-16-21)30(8-2)9-3/h13-16,26H,7-12H2,1-6H3. The molecule has 0 spiro atoms. The number of aromatic nitrogens is 3. The minimum absolute atomic E-state index is 0.477. The smallest absolute Gasteiger partial charge is 0.249 e. The quantitative estimate of drug-likeness (QED) is 0.431. The molecular weight excluding hydrogens is 402 g/mol. The van der Waals surface area contributed by atoms with Crippen LogP contribution < -0.4 is 15.0 Å². The Hall–Kier alpha value is -2.93. The number of hydrogen-bond donors (Lipinski definition) is 1. The van der Waals surface area contributed by atoms with Crippen LogP contribution in [0.5, 0.6) is 5.75 Å². The van der Waals surface area contributed by atoms with Gasteiger partial charge in [-0.1, -0.05) is 6.92 Å². The second kappa shape index (κ2) is 11.1. The van der Waals surface area contributed by atoms with Gasteiger partial charge in [0.25, 0.3) is 0 Å². The molecule has 172 valence electrons. The predicted molar refractivity (Wildman–Crippen MR) is 129 cm³/mol. The summed E-state index contributed by atoms with van der Waals surface area (Å²) in [4.78, 5) is 6.88. The fraction of sp³-hybridized carbons (Fsp3) is 0.480. The Balaban J connectivity index is 1.85. The number of benzene rings is 1. The van der Waals surface area contributed by atoms with E-state index in [0.29, 0.717) is 18.4 Å². The summed E-state index contributed by atoms with van der Waals surface area (Å²) in [7, 11) is 1.95. The Morgan fingerprint density at radius 1 is 0.969 bits per heavy atom. The molecule has 0 unspecified atom stereocenters. The number of aryl methyl sites for hydroxylation is 3. The van der Waals surface area contributed by atoms with E-state index in [9.17, 15) is 0 Å². The van der Waals surface area contributed by atoms with Crippen molar-refractivity contribution in [2.24, 2.45) is 0 Å². The van der Waals surface area contributed by atoms with E-state index in [2.05, 4.69) is 78.2 Å². The van der Waals surface area contributed by atoms with Gasteiger partial charge in [0, 0.05) is 24.8 Å². The number of nitrogens with zero attached hydrogens (tertiary/aromatic N) is 4. The molecule has 3 rings (SSSR count). The van der Waals surface area contributed by atoms with Crippen LogP contribution >= 0.6 is 0 Å². The minimum Gasteiger partial charge on any atom is -0.493 e. The van der Waals surface area contributed by atoms with Crippen LogP contribution in [0, 0.1) is 13.8 Å². The van der Waals surface area contributed by atoms with Gasteiger partial charge in [-0.25, -0.2) is 4.98 Å². The number of ether oxygens (including phenoxy) is 1. The summed E-state index contributed by atoms with van der Waals surface area (Å²) in [5, 5.41) is 11.7. The van der Waals surface area contributed by atoms with Gasteiger partial charge in [0.15, 0.2) is 0 Å². The van der Waals surface area contributed by atoms with Gasteiger partial charge in [0.2, 0.25) is 11.8 Å². The molecule has 0 radical (unpaired) electrons. The average Bonchev–Trinajstić information content (AvgIpc) is 3.29. The number of anilines is 1. The highest BCUT2D eigenvalue weighted by atomic mass is 16.5. The van der Waals surface area contributed by atoms with E-state index in [4.69, 9.17) is 9.15 Å². The summed E-state index contributed by atoms with van der Waals surface area (Å²) in [5.41, 5.74) is 5.05. The minimum atomic E-state index is 0.477. The summed E-state index contributed by atoms with van der Waals surface area (Å²) in [6, 6.07) is 6.20. The molecule has 0 aliphatic heterocycles. The van der Waals surface area contributed by atoms with Crippen LogP contribution in [0.2, 0.25) is 0 Å². The lowest BCUT2D eigenvalue weighted by atomic mass is 10.0. The van der Waals surface area contributed by atoms with E-state index in [0.717, 1.165) is 71.9 Å². The summed E-state index contributed by atoms with van der Waals surface area (Å²) in [6.07, 6.45) is 3.64. The normalized spacial score (nSPS) is 11.1. The first kappa shape index (κ1) is 23.7. The van der Waals surface area contributed by atoms with Crippen molar-refractivity contribution in [1.29, 1.82) is 0 Å². The molecule has 1 aromatic carbocycles. The van der Waals surface area contributed by atoms with Crippen molar-refractivity contribution in [2.45, 2.75) is 47.5 Å². The molecule has 32 heavy (non-hydrogen) atoms. The lowest BCUT2D eigenvalue weighted by molar-refractivity contribution is 0.305. The molecule has 7 nitrogen and oxygen atoms in total. The van der Waals surface area contributed by atoms with E-state index in [1.165, 1.54) is 0 Å². The molecule has 7 heteroatoms. The molecular formula is C25H35N5O2. The first-order valence-electron chi connectivity index (χ1n) is 11.5. The maximum absolute atomic E-state index is 6.07. The van der Waals surface area contributed by atoms with E-state index < -0.39 is 0 Å². The molecule has 0 aliphatic rings. The molecule has 0 amide bonds. The van der Waals surface area contributed by atoms with E-state index >= 15 is 0 Å². The van der Waals surface area contributed by atoms with E-state index in [-0.39, 0.29) is 0 Å². The molecule has 2 heterocycles. The summed E-state index contributed by atoms with van der Waals surface area (Å²) < 4.78 is 12.1. The lowest BCUT2D eigenvalue weighted by Gasteiger charge is -2.21. The molecule has 3 aromatic rings. The molecule has 0 saturated carbocycles. The number of pyridine rings is 1. The second-order valence-corrected chi connectivity index (χ2v) is 7.89. The van der Waals surface area contributed by atoms with Crippen molar-refractivity contribution >= 4 is 5.82 Å². The third-order valence-corrected chi connectivity index (χ3v) is 5.58. The third kappa shape index (κ3) is 5.27. The monoisotopic (exact) mass is 437 g/mol. The van der Waals surface area contributed by atoms with Crippen LogP contribution in [-0.2, 0) is 6.42 Å². The van der Waals surface area contributed by atoms with Crippen LogP contribution in [0.3, 0.4) is 0 Å². The van der Waals surface area contributed by atoms with Gasteiger partial charge in [0.05, 0.1) is 12.2 Å². The van der Waals surface area contributed by atoms with Gasteiger partial charge in [-0.3, -0.25) is 0 Å². The summed E-state index contributed by atoms with van der Waals surface area (Å²) in [6.45, 7) is 14.0. The van der Waals surface area contributed by atoms with Crippen LogP contribution in [0.25, 0.3) is 22.9 Å². The number of hydrogen-bond acceptors (Lipinski definition) is 7. The Morgan fingerprint density at radius 2 is 1.66 bits per heavy atom. The van der Waals surface area contributed by atoms with Gasteiger partial charge in [-0.2, -0.15) is 0 Å². The van der Waals surface area contributed by atoms with Crippen molar-refractivity contribution in [1.82, 2.24) is 20.5 Å². The molecule has 1 N–H and O–H groups in total. The Kier molecular flexibility index (Phi) is 8.22. The summed E-state index contributed by atoms with van der Waals surface area (Å²) >= 11 is 0. The Labute approximate surface area is 191 Å². The third-order valence-electron chi connectivity index (χ3n) is 5.58. The van der Waals surface area contributed by atoms with Crippen molar-refractivity contribution in [2.75, 3.05) is 38.2 Å². The molecule has 0 fully saturated rings. The number of rotatable bonds is 11. The zero-order valence-corrected chi connectivity index (χ0v) is 20.2. The molecule has 0 atom stereocenters. The zero-order valence-electron chi connectivity index (χ0n) is 20.2. The topological polar surface area (TPSA) is 76.3 Å². The highest BCUT2D eigenvalue weighted by Gasteiger charge is 2.16. The van der Waals surface area contributed by atoms with Gasteiger partial charge in [-0.15, -0.1) is 10.2 Å². The SMILES string of the molecule is CCc1cc(-c2nnc(-c3cnc(N(CC)CC)c(C)c3)o2)cc(C)c1OCCCNC. The van der Waals surface area contributed by atoms with Gasteiger partial charge in [-0.05, 0) is 89.0 Å². The molecule has 0 aliphatic carbocycles. The fourth-order valence-corrected chi connectivity index (χ4v) is 3.86. The highest BCUT2D eigenvalue weighted by molar-refractivity contribution is 5.63. The molecule has 0 bridgehead atoms. The maximum atomic E-state index is 6.07. The number of nitrogens with one attached hydrogen (secondary N) is 1. The lowest BCUT2D eigenvalue weighted by Crippen LogP contribution is -2.23. The van der Waals surface area contributed by atoms with Crippen molar-refractivity contribution in [3.8, 4) is 28.7 Å². The first-order valence-corrected chi connectivity index (χ1v) is 11.5. The van der Waals surface area contributed by atoms with Crippen molar-refractivity contribution in [3.05, 3.63) is 41.1 Å². The van der Waals surface area contributed by atoms with E-state index in [1.54, 1.807) is 0 Å². The van der Waals surface area contributed by atoms with Crippen molar-refractivity contribution < 1.29 is 9.15 Å². The van der Waals surface area contributed by atoms with Gasteiger partial charge >= 0.3 is 0 Å². The maximum Gasteiger partial charge on any atom is 0.249 e. The molecule has 0 saturated heterocycles. The predicted octanol–water partition coefficient (Wildman–Crippen LogP) is 4.81. The average molecular weight is 438 g/mol. The Bertz CT molecular complexity index is 1030. The van der Waals surface area contributed by atoms with E-state index in [1.807, 2.05) is 13.2 Å². The summed E-state index contributed by atoms with van der Waals surface area (Å²) in [5.74, 6) is 2.93. The van der Waals surface area contributed by atoms with Gasteiger partial charge < -0.3 is 19.4 Å². The largest absolute Gasteiger partial charge is 0.493 e.